The molecule has 0 aromatic carbocycles. The van der Waals surface area contributed by atoms with Gasteiger partial charge in [-0.3, -0.25) is 10.6 Å². The fraction of sp³-hybridized carbons (Fsp3) is 0.625. The molecule has 0 rings (SSSR count). The number of carboxylic acids is 1. The van der Waals surface area contributed by atoms with Gasteiger partial charge in [0.1, 0.15) is 6.04 Å². The molecular formula is C8H16N2O2. The van der Waals surface area contributed by atoms with Crippen molar-refractivity contribution in [2.75, 3.05) is 6.54 Å². The van der Waals surface area contributed by atoms with Gasteiger partial charge < -0.3 is 5.11 Å². The van der Waals surface area contributed by atoms with E-state index >= 15 is 0 Å². The van der Waals surface area contributed by atoms with Crippen LogP contribution in [-0.4, -0.2) is 28.7 Å². The van der Waals surface area contributed by atoms with Crippen LogP contribution in [0.25, 0.3) is 0 Å². The second-order valence-electron chi connectivity index (χ2n) is 2.62. The number of carbonyl (C=O) groups is 1. The van der Waals surface area contributed by atoms with Crippen LogP contribution in [0.15, 0.2) is 12.7 Å². The van der Waals surface area contributed by atoms with Crippen molar-refractivity contribution in [1.82, 2.24) is 5.01 Å². The second-order valence-corrected chi connectivity index (χ2v) is 2.62. The Balaban J connectivity index is 4.08. The summed E-state index contributed by atoms with van der Waals surface area (Å²) in [4.78, 5) is 10.6. The molecule has 4 nitrogen and oxygen atoms in total. The van der Waals surface area contributed by atoms with E-state index in [1.807, 2.05) is 6.92 Å². The minimum atomic E-state index is -0.897. The third-order valence-electron chi connectivity index (χ3n) is 1.56. The molecule has 0 spiro atoms. The Kier molecular flexibility index (Phi) is 5.32. The molecule has 0 fully saturated rings. The van der Waals surface area contributed by atoms with E-state index in [2.05, 4.69) is 6.58 Å². The smallest absolute Gasteiger partial charge is 0.322 e. The highest BCUT2D eigenvalue weighted by Gasteiger charge is 2.20. The molecule has 0 amide bonds. The van der Waals surface area contributed by atoms with E-state index < -0.39 is 12.0 Å². The first kappa shape index (κ1) is 11.1. The molecule has 0 bridgehead atoms. The van der Waals surface area contributed by atoms with Crippen LogP contribution >= 0.6 is 0 Å². The quantitative estimate of drug-likeness (QED) is 0.350. The molecule has 0 aromatic heterocycles. The number of hydrogen-bond acceptors (Lipinski definition) is 3. The number of nitrogens with zero attached hydrogens (tertiary/aromatic N) is 1. The Morgan fingerprint density at radius 3 is 2.75 bits per heavy atom. The minimum absolute atomic E-state index is 0.381. The summed E-state index contributed by atoms with van der Waals surface area (Å²) in [5, 5.41) is 10.1. The summed E-state index contributed by atoms with van der Waals surface area (Å²) in [7, 11) is 0. The maximum atomic E-state index is 10.6. The van der Waals surface area contributed by atoms with Gasteiger partial charge in [0.05, 0.1) is 0 Å². The molecule has 0 aliphatic rings. The van der Waals surface area contributed by atoms with Crippen LogP contribution in [0.4, 0.5) is 0 Å². The Hall–Kier alpha value is -0.870. The number of hydrazine groups is 1. The molecule has 0 aromatic rings. The molecule has 4 heteroatoms. The van der Waals surface area contributed by atoms with Crippen molar-refractivity contribution in [2.24, 2.45) is 5.84 Å². The molecule has 0 saturated heterocycles. The van der Waals surface area contributed by atoms with Crippen LogP contribution in [0.1, 0.15) is 19.8 Å². The van der Waals surface area contributed by atoms with Crippen LogP contribution in [0.3, 0.4) is 0 Å². The van der Waals surface area contributed by atoms with Gasteiger partial charge in [0, 0.05) is 6.54 Å². The highest BCUT2D eigenvalue weighted by molar-refractivity contribution is 5.73. The Morgan fingerprint density at radius 2 is 2.42 bits per heavy atom. The third-order valence-corrected chi connectivity index (χ3v) is 1.56. The Bertz CT molecular complexity index is 159. The van der Waals surface area contributed by atoms with Crippen molar-refractivity contribution in [3.63, 3.8) is 0 Å². The molecule has 0 saturated carbocycles. The zero-order valence-corrected chi connectivity index (χ0v) is 7.36. The second kappa shape index (κ2) is 5.74. The van der Waals surface area contributed by atoms with Gasteiger partial charge >= 0.3 is 5.97 Å². The average Bonchev–Trinajstić information content (AvgIpc) is 1.99. The van der Waals surface area contributed by atoms with Crippen molar-refractivity contribution < 1.29 is 9.90 Å². The normalized spacial score (nSPS) is 12.9. The lowest BCUT2D eigenvalue weighted by Crippen LogP contribution is -2.46. The van der Waals surface area contributed by atoms with Crippen LogP contribution < -0.4 is 5.84 Å². The summed E-state index contributed by atoms with van der Waals surface area (Å²) in [5.74, 6) is 4.62. The van der Waals surface area contributed by atoms with E-state index in [0.29, 0.717) is 13.0 Å². The van der Waals surface area contributed by atoms with E-state index in [9.17, 15) is 4.79 Å². The standard InChI is InChI=1S/C8H16N2O2/c1-3-5-7(8(11)12)10(9)6-4-2/h3,7H,1,4-6,9H2,2H3,(H,11,12). The van der Waals surface area contributed by atoms with Crippen LogP contribution in [0, 0.1) is 0 Å². The van der Waals surface area contributed by atoms with E-state index in [-0.39, 0.29) is 0 Å². The topological polar surface area (TPSA) is 66.6 Å². The number of rotatable bonds is 6. The summed E-state index contributed by atoms with van der Waals surface area (Å²) < 4.78 is 0. The maximum Gasteiger partial charge on any atom is 0.322 e. The highest BCUT2D eigenvalue weighted by atomic mass is 16.4. The van der Waals surface area contributed by atoms with Gasteiger partial charge in [-0.15, -0.1) is 6.58 Å². The monoisotopic (exact) mass is 172 g/mol. The lowest BCUT2D eigenvalue weighted by Gasteiger charge is -2.21. The lowest BCUT2D eigenvalue weighted by molar-refractivity contribution is -0.143. The third kappa shape index (κ3) is 3.50. The molecule has 70 valence electrons. The molecule has 1 unspecified atom stereocenters. The number of nitrogens with two attached hydrogens (primary N) is 1. The van der Waals surface area contributed by atoms with E-state index in [0.717, 1.165) is 6.42 Å². The van der Waals surface area contributed by atoms with Crippen molar-refractivity contribution in [2.45, 2.75) is 25.8 Å². The van der Waals surface area contributed by atoms with Gasteiger partial charge in [0.25, 0.3) is 0 Å². The molecule has 0 heterocycles. The van der Waals surface area contributed by atoms with Crippen LogP contribution in [0.2, 0.25) is 0 Å². The van der Waals surface area contributed by atoms with Crippen LogP contribution in [0.5, 0.6) is 0 Å². The SMILES string of the molecule is C=CCC(C(=O)O)N(N)CCC. The van der Waals surface area contributed by atoms with Crippen molar-refractivity contribution in [3.8, 4) is 0 Å². The van der Waals surface area contributed by atoms with Crippen molar-refractivity contribution in [1.29, 1.82) is 0 Å². The number of hydrogen-bond donors (Lipinski definition) is 2. The van der Waals surface area contributed by atoms with Gasteiger partial charge in [-0.1, -0.05) is 13.0 Å². The number of aliphatic carboxylic acids is 1. The minimum Gasteiger partial charge on any atom is -0.480 e. The highest BCUT2D eigenvalue weighted by Crippen LogP contribution is 2.01. The zero-order valence-electron chi connectivity index (χ0n) is 7.36. The van der Waals surface area contributed by atoms with Crippen molar-refractivity contribution in [3.05, 3.63) is 12.7 Å². The fourth-order valence-electron chi connectivity index (χ4n) is 0.950. The molecule has 1 atom stereocenters. The maximum absolute atomic E-state index is 10.6. The van der Waals surface area contributed by atoms with E-state index in [1.165, 1.54) is 5.01 Å². The van der Waals surface area contributed by atoms with Gasteiger partial charge in [-0.05, 0) is 12.8 Å². The summed E-state index contributed by atoms with van der Waals surface area (Å²) in [6, 6.07) is -0.637. The largest absolute Gasteiger partial charge is 0.480 e. The van der Waals surface area contributed by atoms with Crippen molar-refractivity contribution >= 4 is 5.97 Å². The van der Waals surface area contributed by atoms with Crippen LogP contribution in [-0.2, 0) is 4.79 Å². The van der Waals surface area contributed by atoms with Gasteiger partial charge in [0.2, 0.25) is 0 Å². The number of carboxylic acid groups (broad SMARTS) is 1. The molecule has 3 N–H and O–H groups in total. The predicted octanol–water partition coefficient (Wildman–Crippen LogP) is 0.601. The zero-order chi connectivity index (χ0) is 9.56. The molecule has 0 aliphatic heterocycles. The van der Waals surface area contributed by atoms with E-state index in [4.69, 9.17) is 10.9 Å². The summed E-state index contributed by atoms with van der Waals surface area (Å²) >= 11 is 0. The van der Waals surface area contributed by atoms with E-state index in [1.54, 1.807) is 6.08 Å². The predicted molar refractivity (Wildman–Crippen MR) is 47.4 cm³/mol. The Morgan fingerprint density at radius 1 is 1.83 bits per heavy atom. The Labute approximate surface area is 72.6 Å². The van der Waals surface area contributed by atoms with Gasteiger partial charge in [0.15, 0.2) is 0 Å². The molecule has 12 heavy (non-hydrogen) atoms. The first-order chi connectivity index (χ1) is 5.63. The average molecular weight is 172 g/mol. The molecular weight excluding hydrogens is 156 g/mol. The molecule has 0 radical (unpaired) electrons. The van der Waals surface area contributed by atoms with Gasteiger partial charge in [-0.2, -0.15) is 0 Å². The fourth-order valence-corrected chi connectivity index (χ4v) is 0.950. The lowest BCUT2D eigenvalue weighted by atomic mass is 10.2. The summed E-state index contributed by atoms with van der Waals surface area (Å²) in [6.45, 7) is 6.02. The first-order valence-electron chi connectivity index (χ1n) is 3.98. The summed E-state index contributed by atoms with van der Waals surface area (Å²) in [5.41, 5.74) is 0. The van der Waals surface area contributed by atoms with Gasteiger partial charge in [-0.25, -0.2) is 5.01 Å². The molecule has 0 aliphatic carbocycles. The first-order valence-corrected chi connectivity index (χ1v) is 3.98. The summed E-state index contributed by atoms with van der Waals surface area (Å²) in [6.07, 6.45) is 2.79.